The molecule has 116 valence electrons. The van der Waals surface area contributed by atoms with Gasteiger partial charge in [0.25, 0.3) is 5.91 Å². The van der Waals surface area contributed by atoms with Gasteiger partial charge in [-0.1, -0.05) is 26.7 Å². The van der Waals surface area contributed by atoms with Gasteiger partial charge in [-0.2, -0.15) is 0 Å². The Bertz CT molecular complexity index is 508. The first-order valence-electron chi connectivity index (χ1n) is 7.69. The smallest absolute Gasteiger partial charge is 0.254 e. The van der Waals surface area contributed by atoms with E-state index in [0.717, 1.165) is 25.3 Å². The van der Waals surface area contributed by atoms with Gasteiger partial charge in [-0.05, 0) is 42.7 Å². The molecule has 1 amide bonds. The predicted octanol–water partition coefficient (Wildman–Crippen LogP) is 3.87. The number of hydrogen-bond donors (Lipinski definition) is 2. The molecule has 0 saturated heterocycles. The number of benzene rings is 1. The van der Waals surface area contributed by atoms with E-state index < -0.39 is 11.7 Å². The van der Waals surface area contributed by atoms with E-state index in [9.17, 15) is 14.3 Å². The summed E-state index contributed by atoms with van der Waals surface area (Å²) in [6, 6.07) is 3.62. The average Bonchev–Trinajstić information content (AvgIpc) is 2.84. The molecule has 1 aliphatic carbocycles. The second-order valence-electron chi connectivity index (χ2n) is 6.65. The van der Waals surface area contributed by atoms with E-state index >= 15 is 0 Å². The molecule has 2 N–H and O–H groups in total. The Morgan fingerprint density at radius 3 is 2.62 bits per heavy atom. The molecule has 3 nitrogen and oxygen atoms in total. The fourth-order valence-electron chi connectivity index (χ4n) is 3.50. The Hall–Kier alpha value is -1.58. The molecule has 1 aliphatic rings. The molecule has 0 heterocycles. The van der Waals surface area contributed by atoms with Crippen LogP contribution in [0.15, 0.2) is 18.2 Å². The summed E-state index contributed by atoms with van der Waals surface area (Å²) >= 11 is 0. The van der Waals surface area contributed by atoms with Crippen LogP contribution >= 0.6 is 0 Å². The van der Waals surface area contributed by atoms with Gasteiger partial charge in [0.05, 0.1) is 5.56 Å². The number of phenols is 1. The summed E-state index contributed by atoms with van der Waals surface area (Å²) in [6.45, 7) is 4.99. The number of amides is 1. The third-order valence-corrected chi connectivity index (χ3v) is 4.33. The molecule has 0 atom stereocenters. The van der Waals surface area contributed by atoms with Crippen LogP contribution in [0.5, 0.6) is 5.75 Å². The van der Waals surface area contributed by atoms with Crippen LogP contribution in [0, 0.1) is 17.2 Å². The first-order chi connectivity index (χ1) is 9.92. The predicted molar refractivity (Wildman–Crippen MR) is 80.8 cm³/mol. The molecule has 1 aromatic carbocycles. The molecule has 0 aromatic heterocycles. The maximum absolute atomic E-state index is 13.7. The summed E-state index contributed by atoms with van der Waals surface area (Å²) in [6.07, 6.45) is 5.75. The molecule has 4 heteroatoms. The zero-order chi connectivity index (χ0) is 15.5. The highest BCUT2D eigenvalue weighted by molar-refractivity contribution is 5.94. The molecule has 0 bridgehead atoms. The van der Waals surface area contributed by atoms with Gasteiger partial charge < -0.3 is 10.4 Å². The summed E-state index contributed by atoms with van der Waals surface area (Å²) in [5, 5.41) is 12.1. The third kappa shape index (κ3) is 3.96. The summed E-state index contributed by atoms with van der Waals surface area (Å²) in [4.78, 5) is 12.1. The normalized spacial score (nSPS) is 17.1. The van der Waals surface area contributed by atoms with Crippen molar-refractivity contribution in [2.24, 2.45) is 11.3 Å². The van der Waals surface area contributed by atoms with Crippen LogP contribution in [0.2, 0.25) is 0 Å². The lowest BCUT2D eigenvalue weighted by molar-refractivity contribution is 0.0917. The van der Waals surface area contributed by atoms with E-state index in [-0.39, 0.29) is 16.7 Å². The summed E-state index contributed by atoms with van der Waals surface area (Å²) in [5.74, 6) is -0.666. The van der Waals surface area contributed by atoms with Crippen LogP contribution in [0.1, 0.15) is 56.3 Å². The van der Waals surface area contributed by atoms with E-state index in [1.807, 2.05) is 0 Å². The minimum absolute atomic E-state index is 0.00880. The van der Waals surface area contributed by atoms with E-state index in [1.54, 1.807) is 0 Å². The Kier molecular flexibility index (Phi) is 4.86. The molecule has 1 saturated carbocycles. The zero-order valence-electron chi connectivity index (χ0n) is 12.8. The highest BCUT2D eigenvalue weighted by Gasteiger charge is 2.34. The number of hydrogen-bond acceptors (Lipinski definition) is 2. The van der Waals surface area contributed by atoms with Crippen LogP contribution in [-0.4, -0.2) is 17.6 Å². The van der Waals surface area contributed by atoms with Crippen LogP contribution < -0.4 is 5.32 Å². The lowest BCUT2D eigenvalue weighted by Gasteiger charge is -2.31. The van der Waals surface area contributed by atoms with Crippen molar-refractivity contribution in [3.05, 3.63) is 29.6 Å². The van der Waals surface area contributed by atoms with Crippen molar-refractivity contribution in [1.29, 1.82) is 0 Å². The van der Waals surface area contributed by atoms with E-state index in [0.29, 0.717) is 12.5 Å². The molecule has 1 fully saturated rings. The number of halogens is 1. The Morgan fingerprint density at radius 2 is 2.05 bits per heavy atom. The van der Waals surface area contributed by atoms with Crippen molar-refractivity contribution in [2.45, 2.75) is 46.0 Å². The minimum atomic E-state index is -0.683. The maximum atomic E-state index is 13.7. The van der Waals surface area contributed by atoms with Crippen molar-refractivity contribution < 1.29 is 14.3 Å². The lowest BCUT2D eigenvalue weighted by atomic mass is 9.78. The maximum Gasteiger partial charge on any atom is 0.254 e. The fourth-order valence-corrected chi connectivity index (χ4v) is 3.50. The molecule has 0 spiro atoms. The number of rotatable bonds is 5. The van der Waals surface area contributed by atoms with Gasteiger partial charge in [-0.3, -0.25) is 4.79 Å². The molecule has 21 heavy (non-hydrogen) atoms. The molecule has 2 rings (SSSR count). The van der Waals surface area contributed by atoms with Crippen molar-refractivity contribution >= 4 is 5.91 Å². The van der Waals surface area contributed by atoms with Gasteiger partial charge in [0.2, 0.25) is 0 Å². The monoisotopic (exact) mass is 293 g/mol. The molecule has 1 aromatic rings. The van der Waals surface area contributed by atoms with Crippen molar-refractivity contribution in [1.82, 2.24) is 5.32 Å². The second kappa shape index (κ2) is 6.46. The third-order valence-electron chi connectivity index (χ3n) is 4.33. The van der Waals surface area contributed by atoms with Crippen molar-refractivity contribution in [2.75, 3.05) is 6.54 Å². The molecular formula is C17H24FNO2. The summed E-state index contributed by atoms with van der Waals surface area (Å²) < 4.78 is 13.7. The number of aromatic hydroxyl groups is 1. The number of carbonyl (C=O) groups excluding carboxylic acids is 1. The summed E-state index contributed by atoms with van der Waals surface area (Å²) in [5.41, 5.74) is 0.155. The molecular weight excluding hydrogens is 269 g/mol. The molecule has 0 radical (unpaired) electrons. The average molecular weight is 293 g/mol. The van der Waals surface area contributed by atoms with Crippen LogP contribution in [0.3, 0.4) is 0 Å². The van der Waals surface area contributed by atoms with Crippen LogP contribution in [0.4, 0.5) is 4.39 Å². The second-order valence-corrected chi connectivity index (χ2v) is 6.65. The van der Waals surface area contributed by atoms with Crippen molar-refractivity contribution in [3.63, 3.8) is 0 Å². The first kappa shape index (κ1) is 15.8. The zero-order valence-corrected chi connectivity index (χ0v) is 12.8. The van der Waals surface area contributed by atoms with Crippen molar-refractivity contribution in [3.8, 4) is 5.75 Å². The Balaban J connectivity index is 2.02. The Morgan fingerprint density at radius 1 is 1.38 bits per heavy atom. The quantitative estimate of drug-likeness (QED) is 0.866. The van der Waals surface area contributed by atoms with Gasteiger partial charge in [0.15, 0.2) is 0 Å². The number of nitrogens with one attached hydrogen (secondary N) is 1. The highest BCUT2D eigenvalue weighted by atomic mass is 19.1. The Labute approximate surface area is 125 Å². The number of phenolic OH excluding ortho intramolecular Hbond substituents is 1. The van der Waals surface area contributed by atoms with Gasteiger partial charge in [-0.25, -0.2) is 4.39 Å². The summed E-state index contributed by atoms with van der Waals surface area (Å²) in [7, 11) is 0. The highest BCUT2D eigenvalue weighted by Crippen LogP contribution is 2.42. The SMILES string of the molecule is CC(C)CC1(CNC(=O)c2ccc(O)cc2F)CCCC1. The minimum Gasteiger partial charge on any atom is -0.508 e. The van der Waals surface area contributed by atoms with Gasteiger partial charge in [0.1, 0.15) is 11.6 Å². The first-order valence-corrected chi connectivity index (χ1v) is 7.69. The van der Waals surface area contributed by atoms with Gasteiger partial charge >= 0.3 is 0 Å². The van der Waals surface area contributed by atoms with Crippen LogP contribution in [0.25, 0.3) is 0 Å². The van der Waals surface area contributed by atoms with E-state index in [1.165, 1.54) is 25.0 Å². The van der Waals surface area contributed by atoms with Gasteiger partial charge in [0, 0.05) is 12.6 Å². The van der Waals surface area contributed by atoms with Crippen LogP contribution in [-0.2, 0) is 0 Å². The molecule has 0 unspecified atom stereocenters. The number of carbonyl (C=O) groups is 1. The van der Waals surface area contributed by atoms with Gasteiger partial charge in [-0.15, -0.1) is 0 Å². The fraction of sp³-hybridized carbons (Fsp3) is 0.588. The largest absolute Gasteiger partial charge is 0.508 e. The standard InChI is InChI=1S/C17H24FNO2/c1-12(2)10-17(7-3-4-8-17)11-19-16(21)14-6-5-13(20)9-15(14)18/h5-6,9,12,20H,3-4,7-8,10-11H2,1-2H3,(H,19,21). The molecule has 0 aliphatic heterocycles. The lowest BCUT2D eigenvalue weighted by Crippen LogP contribution is -2.37. The topological polar surface area (TPSA) is 49.3 Å². The van der Waals surface area contributed by atoms with E-state index in [2.05, 4.69) is 19.2 Å². The van der Waals surface area contributed by atoms with E-state index in [4.69, 9.17) is 0 Å².